The first-order valence-corrected chi connectivity index (χ1v) is 12.4. The lowest BCUT2D eigenvalue weighted by atomic mass is 9.86. The highest BCUT2D eigenvalue weighted by Crippen LogP contribution is 2.40. The van der Waals surface area contributed by atoms with Gasteiger partial charge in [-0.15, -0.1) is 11.3 Å². The normalized spacial score (nSPS) is 18.5. The number of aromatic nitrogens is 2. The molecule has 0 atom stereocenters. The summed E-state index contributed by atoms with van der Waals surface area (Å²) < 4.78 is 0.335. The molecule has 0 spiro atoms. The smallest absolute Gasteiger partial charge is 0.263 e. The lowest BCUT2D eigenvalue weighted by Gasteiger charge is -2.29. The van der Waals surface area contributed by atoms with E-state index in [4.69, 9.17) is 44.8 Å². The Morgan fingerprint density at radius 1 is 1.09 bits per heavy atom. The maximum atomic E-state index is 12.4. The van der Waals surface area contributed by atoms with Crippen molar-refractivity contribution in [2.45, 2.75) is 31.7 Å². The Balaban J connectivity index is 1.32. The van der Waals surface area contributed by atoms with Gasteiger partial charge in [0, 0.05) is 32.1 Å². The van der Waals surface area contributed by atoms with Crippen LogP contribution in [0.4, 0.5) is 11.8 Å². The number of hydrogen-bond donors (Lipinski definition) is 2. The van der Waals surface area contributed by atoms with E-state index in [0.29, 0.717) is 33.7 Å². The Morgan fingerprint density at radius 2 is 1.81 bits per heavy atom. The molecule has 170 valence electrons. The van der Waals surface area contributed by atoms with Gasteiger partial charge in [-0.05, 0) is 43.7 Å². The number of anilines is 2. The number of fused-ring (bicyclic) bond motifs is 1. The van der Waals surface area contributed by atoms with Crippen LogP contribution < -0.4 is 15.5 Å². The molecule has 1 aliphatic carbocycles. The minimum atomic E-state index is -0.227. The van der Waals surface area contributed by atoms with Gasteiger partial charge in [0.05, 0.1) is 15.6 Å². The van der Waals surface area contributed by atoms with Crippen LogP contribution in [0.3, 0.4) is 0 Å². The van der Waals surface area contributed by atoms with Gasteiger partial charge in [-0.3, -0.25) is 4.79 Å². The van der Waals surface area contributed by atoms with Gasteiger partial charge in [0.25, 0.3) is 5.91 Å². The van der Waals surface area contributed by atoms with Gasteiger partial charge in [0.2, 0.25) is 5.95 Å². The van der Waals surface area contributed by atoms with Crippen molar-refractivity contribution in [1.82, 2.24) is 15.3 Å². The Labute approximate surface area is 206 Å². The monoisotopic (exact) mass is 511 g/mol. The number of rotatable bonds is 6. The number of amides is 1. The Kier molecular flexibility index (Phi) is 7.30. The fourth-order valence-corrected chi connectivity index (χ4v) is 5.71. The van der Waals surface area contributed by atoms with Crippen molar-refractivity contribution in [2.75, 3.05) is 30.9 Å². The molecule has 10 heteroatoms. The van der Waals surface area contributed by atoms with Crippen molar-refractivity contribution in [3.8, 4) is 0 Å². The molecule has 0 unspecified atom stereocenters. The van der Waals surface area contributed by atoms with Crippen molar-refractivity contribution in [1.29, 1.82) is 0 Å². The first kappa shape index (κ1) is 23.4. The van der Waals surface area contributed by atoms with Gasteiger partial charge in [0.15, 0.2) is 0 Å². The van der Waals surface area contributed by atoms with Crippen LogP contribution in [0.5, 0.6) is 0 Å². The first-order valence-electron chi connectivity index (χ1n) is 10.5. The highest BCUT2D eigenvalue weighted by molar-refractivity contribution is 7.19. The van der Waals surface area contributed by atoms with Crippen LogP contribution >= 0.6 is 46.1 Å². The van der Waals surface area contributed by atoms with E-state index in [9.17, 15) is 4.79 Å². The number of carbonyl (C=O) groups excluding carboxylic acids is 1. The van der Waals surface area contributed by atoms with Crippen LogP contribution in [-0.4, -0.2) is 42.6 Å². The van der Waals surface area contributed by atoms with Gasteiger partial charge in [0.1, 0.15) is 15.0 Å². The fourth-order valence-electron chi connectivity index (χ4n) is 3.99. The highest BCUT2D eigenvalue weighted by Gasteiger charge is 2.24. The summed E-state index contributed by atoms with van der Waals surface area (Å²) in [4.78, 5) is 24.3. The summed E-state index contributed by atoms with van der Waals surface area (Å²) in [6.07, 6.45) is 3.99. The molecule has 3 aromatic rings. The molecule has 0 saturated heterocycles. The molecule has 0 aliphatic heterocycles. The quantitative estimate of drug-likeness (QED) is 0.416. The molecule has 1 amide bonds. The van der Waals surface area contributed by atoms with E-state index in [1.807, 2.05) is 43.3 Å². The van der Waals surface area contributed by atoms with E-state index in [0.717, 1.165) is 53.7 Å². The van der Waals surface area contributed by atoms with Gasteiger partial charge in [-0.1, -0.05) is 46.9 Å². The number of carbonyl (C=O) groups is 1. The summed E-state index contributed by atoms with van der Waals surface area (Å²) in [5, 5.41) is 7.99. The molecule has 1 aromatic carbocycles. The van der Waals surface area contributed by atoms with Gasteiger partial charge < -0.3 is 15.5 Å². The predicted octanol–water partition coefficient (Wildman–Crippen LogP) is 6.12. The molecule has 0 bridgehead atoms. The maximum absolute atomic E-state index is 12.4. The molecule has 2 heterocycles. The van der Waals surface area contributed by atoms with Crippen molar-refractivity contribution < 1.29 is 4.79 Å². The summed E-state index contributed by atoms with van der Waals surface area (Å²) in [5.74, 6) is 1.75. The molecular formula is C22H24Cl3N5OS. The number of thiophene rings is 1. The molecule has 6 nitrogen and oxygen atoms in total. The van der Waals surface area contributed by atoms with Crippen LogP contribution in [0.1, 0.15) is 35.4 Å². The van der Waals surface area contributed by atoms with E-state index in [2.05, 4.69) is 10.6 Å². The summed E-state index contributed by atoms with van der Waals surface area (Å²) in [6, 6.07) is 8.35. The second-order valence-corrected chi connectivity index (χ2v) is 10.6. The van der Waals surface area contributed by atoms with Crippen molar-refractivity contribution >= 4 is 74.7 Å². The van der Waals surface area contributed by atoms with Crippen LogP contribution in [0.25, 0.3) is 10.9 Å². The molecule has 1 aliphatic rings. The molecule has 1 fully saturated rings. The van der Waals surface area contributed by atoms with Crippen LogP contribution in [0.2, 0.25) is 14.4 Å². The Morgan fingerprint density at radius 3 is 2.47 bits per heavy atom. The largest absolute Gasteiger partial charge is 0.362 e. The second-order valence-electron chi connectivity index (χ2n) is 8.19. The number of nitrogens with one attached hydrogen (secondary N) is 2. The van der Waals surface area contributed by atoms with Crippen molar-refractivity contribution in [3.63, 3.8) is 0 Å². The lowest BCUT2D eigenvalue weighted by Crippen LogP contribution is -2.34. The zero-order valence-corrected chi connectivity index (χ0v) is 20.9. The predicted molar refractivity (Wildman–Crippen MR) is 135 cm³/mol. The topological polar surface area (TPSA) is 70.2 Å². The van der Waals surface area contributed by atoms with Crippen LogP contribution in [0.15, 0.2) is 24.3 Å². The molecular weight excluding hydrogens is 489 g/mol. The molecule has 2 aromatic heterocycles. The van der Waals surface area contributed by atoms with Gasteiger partial charge in [-0.2, -0.15) is 4.98 Å². The number of para-hydroxylation sites is 1. The maximum Gasteiger partial charge on any atom is 0.263 e. The summed E-state index contributed by atoms with van der Waals surface area (Å²) >= 11 is 19.2. The minimum absolute atomic E-state index is 0.222. The average Bonchev–Trinajstić information content (AvgIpc) is 3.05. The third kappa shape index (κ3) is 5.06. The SMILES string of the molecule is CN(C)c1nc(N[C@H]2CC[C@@H](CNC(=O)c3sc(Cl)c(Cl)c3Cl)CC2)nc2ccccc12. The third-order valence-corrected chi connectivity index (χ3v) is 8.27. The molecule has 4 rings (SSSR count). The van der Waals surface area contributed by atoms with Gasteiger partial charge in [-0.25, -0.2) is 4.98 Å². The fraction of sp³-hybridized carbons (Fsp3) is 0.409. The highest BCUT2D eigenvalue weighted by atomic mass is 35.5. The minimum Gasteiger partial charge on any atom is -0.362 e. The average molecular weight is 513 g/mol. The molecule has 32 heavy (non-hydrogen) atoms. The standard InChI is InChI=1S/C22H24Cl3N5OS/c1-30(2)20-14-5-3-4-6-15(14)28-22(29-20)27-13-9-7-12(8-10-13)11-26-21(31)18-16(23)17(24)19(25)32-18/h3-6,12-13H,7-11H2,1-2H3,(H,26,31)(H,27,28,29)/t12-,13+. The van der Waals surface area contributed by atoms with Crippen molar-refractivity contribution in [3.05, 3.63) is 43.5 Å². The Hall–Kier alpha value is -1.80. The zero-order chi connectivity index (χ0) is 22.8. The third-order valence-electron chi connectivity index (χ3n) is 5.70. The van der Waals surface area contributed by atoms with E-state index < -0.39 is 0 Å². The number of benzene rings is 1. The molecule has 1 saturated carbocycles. The van der Waals surface area contributed by atoms with Crippen molar-refractivity contribution in [2.24, 2.45) is 5.92 Å². The second kappa shape index (κ2) is 10.00. The first-order chi connectivity index (χ1) is 15.3. The van der Waals surface area contributed by atoms with Crippen LogP contribution in [0, 0.1) is 5.92 Å². The van der Waals surface area contributed by atoms with E-state index >= 15 is 0 Å². The lowest BCUT2D eigenvalue weighted by molar-refractivity contribution is 0.0947. The number of nitrogens with zero attached hydrogens (tertiary/aromatic N) is 3. The van der Waals surface area contributed by atoms with Gasteiger partial charge >= 0.3 is 0 Å². The molecule has 0 radical (unpaired) electrons. The van der Waals surface area contributed by atoms with E-state index in [1.54, 1.807) is 0 Å². The zero-order valence-electron chi connectivity index (χ0n) is 17.8. The number of hydrogen-bond acceptors (Lipinski definition) is 6. The molecule has 2 N–H and O–H groups in total. The number of halogens is 3. The van der Waals surface area contributed by atoms with Crippen LogP contribution in [-0.2, 0) is 0 Å². The van der Waals surface area contributed by atoms with E-state index in [1.165, 1.54) is 0 Å². The summed E-state index contributed by atoms with van der Waals surface area (Å²) in [5.41, 5.74) is 0.928. The summed E-state index contributed by atoms with van der Waals surface area (Å²) in [7, 11) is 3.98. The van der Waals surface area contributed by atoms with E-state index in [-0.39, 0.29) is 16.0 Å². The Bertz CT molecular complexity index is 1130. The summed E-state index contributed by atoms with van der Waals surface area (Å²) in [6.45, 7) is 0.603.